The van der Waals surface area contributed by atoms with Gasteiger partial charge in [-0.05, 0) is 48.5 Å². The van der Waals surface area contributed by atoms with Crippen LogP contribution in [0.2, 0.25) is 0 Å². The number of nitrogens with one attached hydrogen (secondary N) is 2. The van der Waals surface area contributed by atoms with Crippen LogP contribution in [0.15, 0.2) is 140 Å². The number of ketones is 2. The average Bonchev–Trinajstić information content (AvgIpc) is 3.09. The van der Waals surface area contributed by atoms with E-state index in [2.05, 4.69) is 128 Å². The summed E-state index contributed by atoms with van der Waals surface area (Å²) in [6.45, 7) is 0.566. The van der Waals surface area contributed by atoms with E-state index in [0.29, 0.717) is 17.8 Å². The van der Waals surface area contributed by atoms with E-state index in [-0.39, 0.29) is 34.4 Å². The molecule has 1 aliphatic rings. The van der Waals surface area contributed by atoms with Gasteiger partial charge in [-0.25, -0.2) is 9.97 Å². The summed E-state index contributed by atoms with van der Waals surface area (Å²) in [5, 5.41) is 10.7. The topological polar surface area (TPSA) is 101 Å². The number of halogens is 1. The lowest BCUT2D eigenvalue weighted by Gasteiger charge is -2.18. The zero-order valence-electron chi connectivity index (χ0n) is 24.3. The lowest BCUT2D eigenvalue weighted by Crippen LogP contribution is -2.25. The van der Waals surface area contributed by atoms with Crippen LogP contribution in [-0.4, -0.2) is 39.3 Å². The molecule has 5 aromatic rings. The highest BCUT2D eigenvalue weighted by Crippen LogP contribution is 2.32. The third-order valence-electron chi connectivity index (χ3n) is 6.75. The fourth-order valence-corrected chi connectivity index (χ4v) is 7.22. The standard InChI is InChI=1S/C18H15BrN4O3.C18H15P/c19-5-2-6-21-18(26)11-3-1-4-12(7-11)23-14-8-15(24)16-13(17(14)25)9-20-10-22-16;1-4-10-16(11-5-1)19(17-12-6-2-7-13-17)18-14-8-3-9-15-18/h1,3-4,7-10,23H,2,5-6H2,(H,21,26);1-15H. The van der Waals surface area contributed by atoms with Gasteiger partial charge in [0.2, 0.25) is 11.6 Å². The number of nitrogens with zero attached hydrogens (tertiary/aromatic N) is 2. The van der Waals surface area contributed by atoms with Crippen LogP contribution in [0.5, 0.6) is 0 Å². The monoisotopic (exact) mass is 676 g/mol. The number of carbonyl (C=O) groups excluding carboxylic acids is 3. The molecule has 6 rings (SSSR count). The number of aromatic nitrogens is 2. The molecule has 0 spiro atoms. The Balaban J connectivity index is 0.000000186. The Morgan fingerprint density at radius 2 is 1.38 bits per heavy atom. The summed E-state index contributed by atoms with van der Waals surface area (Å²) in [5.41, 5.74) is 1.37. The van der Waals surface area contributed by atoms with Gasteiger partial charge in [-0.1, -0.05) is 113 Å². The second-order valence-electron chi connectivity index (χ2n) is 9.88. The largest absolute Gasteiger partial charge is 0.352 e. The first kappa shape index (κ1) is 31.6. The molecule has 45 heavy (non-hydrogen) atoms. The fraction of sp³-hybridized carbons (Fsp3) is 0.0833. The Kier molecular flexibility index (Phi) is 11.1. The summed E-state index contributed by atoms with van der Waals surface area (Å²) in [6.07, 6.45) is 4.59. The maximum absolute atomic E-state index is 12.5. The zero-order chi connectivity index (χ0) is 31.4. The van der Waals surface area contributed by atoms with Gasteiger partial charge in [0, 0.05) is 35.4 Å². The van der Waals surface area contributed by atoms with Crippen LogP contribution in [0.4, 0.5) is 5.69 Å². The second-order valence-corrected chi connectivity index (χ2v) is 12.9. The minimum absolute atomic E-state index is 0.0930. The first-order valence-electron chi connectivity index (χ1n) is 14.3. The highest BCUT2D eigenvalue weighted by atomic mass is 79.9. The van der Waals surface area contributed by atoms with Crippen LogP contribution >= 0.6 is 23.9 Å². The molecule has 1 aliphatic carbocycles. The van der Waals surface area contributed by atoms with Crippen LogP contribution in [0.1, 0.15) is 37.6 Å². The Labute approximate surface area is 271 Å². The van der Waals surface area contributed by atoms with Gasteiger partial charge in [0.1, 0.15) is 12.0 Å². The van der Waals surface area contributed by atoms with Crippen LogP contribution < -0.4 is 26.5 Å². The number of fused-ring (bicyclic) bond motifs is 1. The van der Waals surface area contributed by atoms with Gasteiger partial charge in [-0.3, -0.25) is 14.4 Å². The van der Waals surface area contributed by atoms with Gasteiger partial charge in [0.25, 0.3) is 5.91 Å². The zero-order valence-corrected chi connectivity index (χ0v) is 26.7. The van der Waals surface area contributed by atoms with E-state index in [4.69, 9.17) is 0 Å². The summed E-state index contributed by atoms with van der Waals surface area (Å²) in [6, 6.07) is 39.0. The smallest absolute Gasteiger partial charge is 0.251 e. The van der Waals surface area contributed by atoms with Crippen molar-refractivity contribution in [3.63, 3.8) is 0 Å². The maximum Gasteiger partial charge on any atom is 0.251 e. The molecule has 2 N–H and O–H groups in total. The summed E-state index contributed by atoms with van der Waals surface area (Å²) in [5.74, 6) is -0.936. The van der Waals surface area contributed by atoms with Crippen molar-refractivity contribution in [1.82, 2.24) is 15.3 Å². The van der Waals surface area contributed by atoms with Gasteiger partial charge in [-0.15, -0.1) is 0 Å². The van der Waals surface area contributed by atoms with Gasteiger partial charge in [0.15, 0.2) is 0 Å². The van der Waals surface area contributed by atoms with Crippen molar-refractivity contribution >= 4 is 62.9 Å². The second kappa shape index (κ2) is 15.8. The van der Waals surface area contributed by atoms with Gasteiger partial charge in [0.05, 0.1) is 11.3 Å². The third kappa shape index (κ3) is 8.24. The molecule has 1 aromatic heterocycles. The van der Waals surface area contributed by atoms with Crippen LogP contribution in [0, 0.1) is 0 Å². The first-order chi connectivity index (χ1) is 22.0. The van der Waals surface area contributed by atoms with E-state index in [1.807, 2.05) is 0 Å². The molecule has 0 atom stereocenters. The molecule has 7 nitrogen and oxygen atoms in total. The highest BCUT2D eigenvalue weighted by molar-refractivity contribution is 9.09. The lowest BCUT2D eigenvalue weighted by atomic mass is 9.98. The molecule has 224 valence electrons. The van der Waals surface area contributed by atoms with Crippen molar-refractivity contribution in [1.29, 1.82) is 0 Å². The number of rotatable bonds is 9. The maximum atomic E-state index is 12.5. The number of alkyl halides is 1. The van der Waals surface area contributed by atoms with Crippen molar-refractivity contribution < 1.29 is 14.4 Å². The van der Waals surface area contributed by atoms with Crippen molar-refractivity contribution in [3.05, 3.63) is 156 Å². The molecule has 9 heteroatoms. The quantitative estimate of drug-likeness (QED) is 0.116. The lowest BCUT2D eigenvalue weighted by molar-refractivity contribution is 0.0953. The summed E-state index contributed by atoms with van der Waals surface area (Å²) in [7, 11) is -0.446. The Hall–Kier alpha value is -4.78. The predicted octanol–water partition coefficient (Wildman–Crippen LogP) is 5.81. The number of amides is 1. The van der Waals surface area contributed by atoms with Crippen LogP contribution in [0.25, 0.3) is 0 Å². The number of anilines is 1. The molecule has 0 aliphatic heterocycles. The van der Waals surface area contributed by atoms with Gasteiger partial charge < -0.3 is 10.6 Å². The molecule has 0 fully saturated rings. The average molecular weight is 678 g/mol. The van der Waals surface area contributed by atoms with E-state index in [0.717, 1.165) is 11.8 Å². The summed E-state index contributed by atoms with van der Waals surface area (Å²) < 4.78 is 0. The van der Waals surface area contributed by atoms with Crippen molar-refractivity contribution in [2.24, 2.45) is 0 Å². The Bertz CT molecular complexity index is 1710. The molecule has 0 unspecified atom stereocenters. The number of carbonyl (C=O) groups is 3. The van der Waals surface area contributed by atoms with Gasteiger partial charge in [-0.2, -0.15) is 0 Å². The minimum atomic E-state index is -0.446. The molecule has 0 saturated heterocycles. The minimum Gasteiger partial charge on any atom is -0.352 e. The van der Waals surface area contributed by atoms with E-state index >= 15 is 0 Å². The van der Waals surface area contributed by atoms with Gasteiger partial charge >= 0.3 is 0 Å². The molecular weight excluding hydrogens is 647 g/mol. The van der Waals surface area contributed by atoms with Crippen molar-refractivity contribution in [2.45, 2.75) is 6.42 Å². The summed E-state index contributed by atoms with van der Waals surface area (Å²) in [4.78, 5) is 44.4. The van der Waals surface area contributed by atoms with Crippen molar-refractivity contribution in [2.75, 3.05) is 17.2 Å². The molecule has 4 aromatic carbocycles. The molecule has 1 heterocycles. The molecular formula is C36H30BrN4O3P. The molecule has 0 bridgehead atoms. The SMILES string of the molecule is O=C(NCCCBr)c1cccc(NC2=CC(=O)c3ncncc3C2=O)c1.c1ccc(P(c2ccccc2)c2ccccc2)cc1. The number of hydrogen-bond donors (Lipinski definition) is 2. The van der Waals surface area contributed by atoms with E-state index < -0.39 is 7.92 Å². The van der Waals surface area contributed by atoms with Crippen LogP contribution in [0.3, 0.4) is 0 Å². The van der Waals surface area contributed by atoms with E-state index in [9.17, 15) is 14.4 Å². The predicted molar refractivity (Wildman–Crippen MR) is 185 cm³/mol. The Morgan fingerprint density at radius 3 is 1.96 bits per heavy atom. The first-order valence-corrected chi connectivity index (χ1v) is 16.8. The third-order valence-corrected chi connectivity index (χ3v) is 9.76. The summed E-state index contributed by atoms with van der Waals surface area (Å²) >= 11 is 3.31. The normalized spacial score (nSPS) is 12.0. The number of benzene rings is 4. The number of allylic oxidation sites excluding steroid dienone is 2. The number of Topliss-reactive ketones (excluding diaryl/α,β-unsaturated/α-hetero) is 1. The fourth-order valence-electron chi connectivity index (χ4n) is 4.64. The van der Waals surface area contributed by atoms with Crippen LogP contribution in [-0.2, 0) is 0 Å². The highest BCUT2D eigenvalue weighted by Gasteiger charge is 2.27. The van der Waals surface area contributed by atoms with Crippen molar-refractivity contribution in [3.8, 4) is 0 Å². The molecule has 0 radical (unpaired) electrons. The molecule has 1 amide bonds. The van der Waals surface area contributed by atoms with E-state index in [1.54, 1.807) is 24.3 Å². The number of hydrogen-bond acceptors (Lipinski definition) is 6. The Morgan fingerprint density at radius 1 is 0.778 bits per heavy atom. The molecule has 0 saturated carbocycles. The van der Waals surface area contributed by atoms with E-state index in [1.165, 1.54) is 34.5 Å².